The molecule has 3 aromatic rings. The predicted octanol–water partition coefficient (Wildman–Crippen LogP) is 4.71. The molecule has 1 aliphatic carbocycles. The molecule has 1 fully saturated rings. The third-order valence-electron chi connectivity index (χ3n) is 4.96. The van der Waals surface area contributed by atoms with Gasteiger partial charge in [0.15, 0.2) is 11.7 Å². The molecule has 132 valence electrons. The molecule has 0 spiro atoms. The number of esters is 1. The van der Waals surface area contributed by atoms with Gasteiger partial charge < -0.3 is 9.15 Å². The molecule has 0 amide bonds. The van der Waals surface area contributed by atoms with Crippen molar-refractivity contribution >= 4 is 5.97 Å². The third kappa shape index (κ3) is 3.03. The molecule has 0 N–H and O–H groups in total. The Balaban J connectivity index is 1.61. The van der Waals surface area contributed by atoms with Crippen LogP contribution in [-0.2, 0) is 9.53 Å². The van der Waals surface area contributed by atoms with Crippen LogP contribution in [0, 0.1) is 12.8 Å². The lowest BCUT2D eigenvalue weighted by molar-refractivity contribution is -0.144. The maximum Gasteiger partial charge on any atom is 0.310 e. The molecule has 0 bridgehead atoms. The first-order valence-corrected chi connectivity index (χ1v) is 8.93. The average molecular weight is 347 g/mol. The highest BCUT2D eigenvalue weighted by molar-refractivity contribution is 5.80. The molecule has 0 saturated heterocycles. The summed E-state index contributed by atoms with van der Waals surface area (Å²) >= 11 is 0. The second kappa shape index (κ2) is 6.79. The Morgan fingerprint density at radius 3 is 2.27 bits per heavy atom. The van der Waals surface area contributed by atoms with E-state index >= 15 is 0 Å². The van der Waals surface area contributed by atoms with Crippen molar-refractivity contribution < 1.29 is 13.9 Å². The lowest BCUT2D eigenvalue weighted by Gasteiger charge is -2.03. The molecule has 0 radical (unpaired) electrons. The van der Waals surface area contributed by atoms with Crippen molar-refractivity contribution in [3.05, 3.63) is 77.8 Å². The Bertz CT molecular complexity index is 899. The van der Waals surface area contributed by atoms with Crippen LogP contribution in [0.5, 0.6) is 0 Å². The van der Waals surface area contributed by atoms with E-state index in [-0.39, 0.29) is 23.7 Å². The summed E-state index contributed by atoms with van der Waals surface area (Å²) in [6.07, 6.45) is 1.73. The normalized spacial score (nSPS) is 21.4. The van der Waals surface area contributed by atoms with E-state index < -0.39 is 0 Å². The van der Waals surface area contributed by atoms with E-state index in [9.17, 15) is 4.79 Å². The summed E-state index contributed by atoms with van der Waals surface area (Å²) in [5.41, 5.74) is 3.32. The van der Waals surface area contributed by atoms with Crippen molar-refractivity contribution in [2.24, 2.45) is 5.92 Å². The first-order valence-electron chi connectivity index (χ1n) is 8.93. The van der Waals surface area contributed by atoms with Gasteiger partial charge >= 0.3 is 5.97 Å². The second-order valence-corrected chi connectivity index (χ2v) is 6.61. The van der Waals surface area contributed by atoms with Gasteiger partial charge in [0.2, 0.25) is 0 Å². The van der Waals surface area contributed by atoms with Gasteiger partial charge in [-0.15, -0.1) is 0 Å². The monoisotopic (exact) mass is 347 g/mol. The average Bonchev–Trinajstić information content (AvgIpc) is 3.28. The first kappa shape index (κ1) is 16.6. The third-order valence-corrected chi connectivity index (χ3v) is 4.96. The van der Waals surface area contributed by atoms with E-state index in [1.807, 2.05) is 44.2 Å². The van der Waals surface area contributed by atoms with Crippen LogP contribution in [0.1, 0.15) is 35.8 Å². The number of hydrogen-bond donors (Lipinski definition) is 0. The van der Waals surface area contributed by atoms with Crippen molar-refractivity contribution in [3.63, 3.8) is 0 Å². The minimum absolute atomic E-state index is 0.110. The molecule has 1 aromatic heterocycles. The van der Waals surface area contributed by atoms with Gasteiger partial charge in [-0.1, -0.05) is 54.6 Å². The van der Waals surface area contributed by atoms with Gasteiger partial charge in [-0.2, -0.15) is 0 Å². The molecule has 4 rings (SSSR count). The number of carbonyl (C=O) groups is 1. The summed E-state index contributed by atoms with van der Waals surface area (Å²) in [5.74, 6) is 1.51. The van der Waals surface area contributed by atoms with E-state index in [0.717, 1.165) is 16.9 Å². The number of carbonyl (C=O) groups excluding carboxylic acids is 1. The minimum Gasteiger partial charge on any atom is -0.466 e. The highest BCUT2D eigenvalue weighted by Crippen LogP contribution is 2.61. The number of aryl methyl sites for hydroxylation is 1. The van der Waals surface area contributed by atoms with Crippen LogP contribution in [0.15, 0.2) is 65.2 Å². The number of rotatable bonds is 5. The Morgan fingerprint density at radius 1 is 1.04 bits per heavy atom. The number of aromatic nitrogens is 1. The van der Waals surface area contributed by atoms with Crippen LogP contribution in [0.4, 0.5) is 0 Å². The van der Waals surface area contributed by atoms with Crippen molar-refractivity contribution in [1.82, 2.24) is 4.98 Å². The summed E-state index contributed by atoms with van der Waals surface area (Å²) in [7, 11) is 0. The van der Waals surface area contributed by atoms with Crippen LogP contribution in [0.25, 0.3) is 11.3 Å². The summed E-state index contributed by atoms with van der Waals surface area (Å²) in [6, 6.07) is 18.4. The van der Waals surface area contributed by atoms with Gasteiger partial charge in [0, 0.05) is 24.3 Å². The summed E-state index contributed by atoms with van der Waals surface area (Å²) in [4.78, 5) is 16.6. The smallest absolute Gasteiger partial charge is 0.310 e. The Kier molecular flexibility index (Phi) is 4.33. The Labute approximate surface area is 152 Å². The molecule has 4 heteroatoms. The standard InChI is InChI=1S/C22H21NO3/c1-3-25-22(24)21-19(16-7-5-4-6-8-16)20(21)17-11-9-15(10-12-17)18-13-23-14(2)26-18/h4-13,19-21H,3H2,1-2H3/t19-,20-,21-/m1/s1. The summed E-state index contributed by atoms with van der Waals surface area (Å²) < 4.78 is 10.9. The fourth-order valence-corrected chi connectivity index (χ4v) is 3.71. The van der Waals surface area contributed by atoms with Gasteiger partial charge in [0.05, 0.1) is 18.7 Å². The fourth-order valence-electron chi connectivity index (χ4n) is 3.71. The van der Waals surface area contributed by atoms with Crippen LogP contribution >= 0.6 is 0 Å². The molecular weight excluding hydrogens is 326 g/mol. The van der Waals surface area contributed by atoms with Gasteiger partial charge in [0.25, 0.3) is 0 Å². The zero-order valence-electron chi connectivity index (χ0n) is 14.9. The number of ether oxygens (including phenoxy) is 1. The van der Waals surface area contributed by atoms with Crippen molar-refractivity contribution in [2.75, 3.05) is 6.61 Å². The molecule has 3 atom stereocenters. The Hall–Kier alpha value is -2.88. The largest absolute Gasteiger partial charge is 0.466 e. The highest BCUT2D eigenvalue weighted by Gasteiger charge is 2.56. The number of nitrogens with zero attached hydrogens (tertiary/aromatic N) is 1. The molecule has 1 saturated carbocycles. The van der Waals surface area contributed by atoms with Crippen molar-refractivity contribution in [2.45, 2.75) is 25.7 Å². The minimum atomic E-state index is -0.115. The SMILES string of the molecule is CCOC(=O)[C@@H]1[C@H](c2ccccc2)[C@H]1c1ccc(-c2cnc(C)o2)cc1. The second-order valence-electron chi connectivity index (χ2n) is 6.61. The van der Waals surface area contributed by atoms with Gasteiger partial charge in [-0.25, -0.2) is 4.98 Å². The first-order chi connectivity index (χ1) is 12.7. The zero-order chi connectivity index (χ0) is 18.1. The molecule has 0 aliphatic heterocycles. The topological polar surface area (TPSA) is 52.3 Å². The predicted molar refractivity (Wildman–Crippen MR) is 98.7 cm³/mol. The van der Waals surface area contributed by atoms with Crippen LogP contribution < -0.4 is 0 Å². The molecule has 1 heterocycles. The highest BCUT2D eigenvalue weighted by atomic mass is 16.5. The molecule has 2 aromatic carbocycles. The van der Waals surface area contributed by atoms with E-state index in [0.29, 0.717) is 12.5 Å². The number of benzene rings is 2. The van der Waals surface area contributed by atoms with Crippen LogP contribution in [0.2, 0.25) is 0 Å². The van der Waals surface area contributed by atoms with Crippen molar-refractivity contribution in [3.8, 4) is 11.3 Å². The molecule has 26 heavy (non-hydrogen) atoms. The number of oxazole rings is 1. The fraction of sp³-hybridized carbons (Fsp3) is 0.273. The Morgan fingerprint density at radius 2 is 1.69 bits per heavy atom. The van der Waals surface area contributed by atoms with Crippen molar-refractivity contribution in [1.29, 1.82) is 0 Å². The lowest BCUT2D eigenvalue weighted by Crippen LogP contribution is -2.08. The van der Waals surface area contributed by atoms with Crippen LogP contribution in [-0.4, -0.2) is 17.6 Å². The molecule has 1 aliphatic rings. The van der Waals surface area contributed by atoms with Crippen LogP contribution in [0.3, 0.4) is 0 Å². The van der Waals surface area contributed by atoms with Gasteiger partial charge in [-0.3, -0.25) is 4.79 Å². The molecule has 0 unspecified atom stereocenters. The van der Waals surface area contributed by atoms with E-state index in [1.54, 1.807) is 6.20 Å². The maximum absolute atomic E-state index is 12.4. The number of hydrogen-bond acceptors (Lipinski definition) is 4. The zero-order valence-corrected chi connectivity index (χ0v) is 14.9. The van der Waals surface area contributed by atoms with E-state index in [1.165, 1.54) is 5.56 Å². The summed E-state index contributed by atoms with van der Waals surface area (Å²) in [5, 5.41) is 0. The lowest BCUT2D eigenvalue weighted by atomic mass is 10.0. The molecule has 4 nitrogen and oxygen atoms in total. The maximum atomic E-state index is 12.4. The van der Waals surface area contributed by atoms with Gasteiger partial charge in [0.1, 0.15) is 0 Å². The summed E-state index contributed by atoms with van der Waals surface area (Å²) in [6.45, 7) is 4.09. The van der Waals surface area contributed by atoms with E-state index in [4.69, 9.17) is 9.15 Å². The van der Waals surface area contributed by atoms with Gasteiger partial charge in [-0.05, 0) is 18.1 Å². The van der Waals surface area contributed by atoms with E-state index in [2.05, 4.69) is 29.2 Å². The quantitative estimate of drug-likeness (QED) is 0.627. The molecular formula is C22H21NO3.